The van der Waals surface area contributed by atoms with Gasteiger partial charge in [0, 0.05) is 18.3 Å². The molecule has 104 valence electrons. The van der Waals surface area contributed by atoms with Crippen LogP contribution < -0.4 is 10.6 Å². The van der Waals surface area contributed by atoms with E-state index in [-0.39, 0.29) is 5.91 Å². The monoisotopic (exact) mass is 262 g/mol. The minimum absolute atomic E-state index is 0.0617. The van der Waals surface area contributed by atoms with Crippen LogP contribution in [-0.2, 0) is 11.3 Å². The van der Waals surface area contributed by atoms with Crippen molar-refractivity contribution in [2.75, 3.05) is 5.32 Å². The molecule has 0 radical (unpaired) electrons. The highest BCUT2D eigenvalue weighted by atomic mass is 16.2. The van der Waals surface area contributed by atoms with Crippen molar-refractivity contribution in [3.8, 4) is 0 Å². The molecule has 0 aliphatic heterocycles. The van der Waals surface area contributed by atoms with Gasteiger partial charge in [-0.2, -0.15) is 5.10 Å². The van der Waals surface area contributed by atoms with Crippen LogP contribution in [0, 0.1) is 5.92 Å². The Morgan fingerprint density at radius 1 is 1.37 bits per heavy atom. The van der Waals surface area contributed by atoms with Crippen LogP contribution in [0.25, 0.3) is 0 Å². The van der Waals surface area contributed by atoms with E-state index >= 15 is 0 Å². The highest BCUT2D eigenvalue weighted by Gasteiger charge is 2.23. The number of anilines is 1. The lowest BCUT2D eigenvalue weighted by molar-refractivity contribution is -0.122. The maximum Gasteiger partial charge on any atom is 0.241 e. The van der Waals surface area contributed by atoms with E-state index in [0.717, 1.165) is 24.4 Å². The number of nitrogens with one attached hydrogen (secondary N) is 2. The molecular formula is C14H22N4O. The zero-order valence-corrected chi connectivity index (χ0v) is 11.4. The molecule has 2 aliphatic carbocycles. The molecule has 19 heavy (non-hydrogen) atoms. The lowest BCUT2D eigenvalue weighted by Gasteiger charge is -2.11. The first-order valence-corrected chi connectivity index (χ1v) is 7.27. The average Bonchev–Trinajstić information content (AvgIpc) is 2.90. The largest absolute Gasteiger partial charge is 0.380 e. The van der Waals surface area contributed by atoms with Crippen molar-refractivity contribution < 1.29 is 4.79 Å². The Bertz CT molecular complexity index is 452. The molecule has 0 spiro atoms. The zero-order valence-electron chi connectivity index (χ0n) is 11.4. The van der Waals surface area contributed by atoms with Crippen LogP contribution in [0.1, 0.15) is 39.0 Å². The van der Waals surface area contributed by atoms with Crippen molar-refractivity contribution >= 4 is 11.6 Å². The normalized spacial score (nSPS) is 26.4. The molecule has 2 unspecified atom stereocenters. The molecule has 5 nitrogen and oxygen atoms in total. The summed E-state index contributed by atoms with van der Waals surface area (Å²) in [6, 6.07) is 0.980. The quantitative estimate of drug-likeness (QED) is 0.850. The van der Waals surface area contributed by atoms with Gasteiger partial charge in [0.15, 0.2) is 0 Å². The standard InChI is InChI=1S/C14H22N4O/c1-10-2-3-12(6-10)16-13-7-15-18(8-13)9-14(19)17-11-4-5-11/h7-8,10-12,16H,2-6,9H2,1H3,(H,17,19). The second-order valence-corrected chi connectivity index (χ2v) is 6.03. The van der Waals surface area contributed by atoms with Gasteiger partial charge in [-0.3, -0.25) is 9.48 Å². The van der Waals surface area contributed by atoms with Gasteiger partial charge >= 0.3 is 0 Å². The Labute approximate surface area is 113 Å². The van der Waals surface area contributed by atoms with Crippen molar-refractivity contribution in [1.29, 1.82) is 0 Å². The van der Waals surface area contributed by atoms with Crippen LogP contribution in [-0.4, -0.2) is 27.8 Å². The molecular weight excluding hydrogens is 240 g/mol. The predicted octanol–water partition coefficient (Wildman–Crippen LogP) is 1.76. The van der Waals surface area contributed by atoms with Crippen molar-refractivity contribution in [3.63, 3.8) is 0 Å². The number of aromatic nitrogens is 2. The van der Waals surface area contributed by atoms with Crippen molar-refractivity contribution in [1.82, 2.24) is 15.1 Å². The number of rotatable bonds is 5. The van der Waals surface area contributed by atoms with Crippen LogP contribution in [0.5, 0.6) is 0 Å². The summed E-state index contributed by atoms with van der Waals surface area (Å²) in [5, 5.41) is 10.7. The third-order valence-corrected chi connectivity index (χ3v) is 3.95. The van der Waals surface area contributed by atoms with Crippen LogP contribution in [0.2, 0.25) is 0 Å². The summed E-state index contributed by atoms with van der Waals surface area (Å²) in [5.41, 5.74) is 1.03. The third-order valence-electron chi connectivity index (χ3n) is 3.95. The Morgan fingerprint density at radius 3 is 2.84 bits per heavy atom. The van der Waals surface area contributed by atoms with Gasteiger partial charge in [0.05, 0.1) is 11.9 Å². The van der Waals surface area contributed by atoms with Gasteiger partial charge in [-0.1, -0.05) is 6.92 Å². The molecule has 1 aromatic heterocycles. The number of hydrogen-bond donors (Lipinski definition) is 2. The van der Waals surface area contributed by atoms with E-state index in [1.54, 1.807) is 4.68 Å². The fourth-order valence-electron chi connectivity index (χ4n) is 2.75. The molecule has 3 rings (SSSR count). The summed E-state index contributed by atoms with van der Waals surface area (Å²) in [6.45, 7) is 2.62. The summed E-state index contributed by atoms with van der Waals surface area (Å²) in [4.78, 5) is 11.7. The van der Waals surface area contributed by atoms with E-state index in [2.05, 4.69) is 22.7 Å². The second-order valence-electron chi connectivity index (χ2n) is 6.03. The Kier molecular flexibility index (Phi) is 3.44. The number of carbonyl (C=O) groups excluding carboxylic acids is 1. The predicted molar refractivity (Wildman–Crippen MR) is 73.8 cm³/mol. The smallest absolute Gasteiger partial charge is 0.241 e. The molecule has 2 saturated carbocycles. The van der Waals surface area contributed by atoms with Crippen molar-refractivity contribution in [2.24, 2.45) is 5.92 Å². The van der Waals surface area contributed by atoms with Gasteiger partial charge in [-0.05, 0) is 38.0 Å². The van der Waals surface area contributed by atoms with E-state index in [0.29, 0.717) is 18.6 Å². The summed E-state index contributed by atoms with van der Waals surface area (Å²) in [7, 11) is 0. The molecule has 2 aliphatic rings. The van der Waals surface area contributed by atoms with E-state index in [9.17, 15) is 4.79 Å². The van der Waals surface area contributed by atoms with Crippen LogP contribution in [0.4, 0.5) is 5.69 Å². The minimum atomic E-state index is 0.0617. The molecule has 0 saturated heterocycles. The molecule has 1 amide bonds. The van der Waals surface area contributed by atoms with E-state index < -0.39 is 0 Å². The molecule has 0 bridgehead atoms. The number of nitrogens with zero attached hydrogens (tertiary/aromatic N) is 2. The highest BCUT2D eigenvalue weighted by molar-refractivity contribution is 5.76. The summed E-state index contributed by atoms with van der Waals surface area (Å²) >= 11 is 0. The molecule has 2 fully saturated rings. The third kappa shape index (κ3) is 3.49. The Balaban J connectivity index is 1.49. The SMILES string of the molecule is CC1CCC(Nc2cnn(CC(=O)NC3CC3)c2)C1. The van der Waals surface area contributed by atoms with Gasteiger partial charge in [-0.15, -0.1) is 0 Å². The van der Waals surface area contributed by atoms with Gasteiger partial charge in [0.25, 0.3) is 0 Å². The maximum atomic E-state index is 11.7. The summed E-state index contributed by atoms with van der Waals surface area (Å²) < 4.78 is 1.71. The zero-order chi connectivity index (χ0) is 13.2. The average molecular weight is 262 g/mol. The Hall–Kier alpha value is -1.52. The van der Waals surface area contributed by atoms with E-state index in [4.69, 9.17) is 0 Å². The number of amides is 1. The second kappa shape index (κ2) is 5.23. The minimum Gasteiger partial charge on any atom is -0.380 e. The van der Waals surface area contributed by atoms with Gasteiger partial charge < -0.3 is 10.6 Å². The van der Waals surface area contributed by atoms with Crippen LogP contribution in [0.15, 0.2) is 12.4 Å². The molecule has 2 N–H and O–H groups in total. The molecule has 5 heteroatoms. The summed E-state index contributed by atoms with van der Waals surface area (Å²) in [6.07, 6.45) is 9.75. The first kappa shape index (κ1) is 12.5. The highest BCUT2D eigenvalue weighted by Crippen LogP contribution is 2.27. The number of carbonyl (C=O) groups is 1. The fraction of sp³-hybridized carbons (Fsp3) is 0.714. The van der Waals surface area contributed by atoms with Crippen molar-refractivity contribution in [2.45, 2.75) is 57.7 Å². The molecule has 0 aromatic carbocycles. The lowest BCUT2D eigenvalue weighted by Crippen LogP contribution is -2.29. The first-order valence-electron chi connectivity index (χ1n) is 7.27. The Morgan fingerprint density at radius 2 is 2.16 bits per heavy atom. The van der Waals surface area contributed by atoms with Gasteiger partial charge in [0.2, 0.25) is 5.91 Å². The topological polar surface area (TPSA) is 59.0 Å². The van der Waals surface area contributed by atoms with Crippen LogP contribution >= 0.6 is 0 Å². The van der Waals surface area contributed by atoms with E-state index in [1.165, 1.54) is 19.3 Å². The van der Waals surface area contributed by atoms with Crippen LogP contribution in [0.3, 0.4) is 0 Å². The maximum absolute atomic E-state index is 11.7. The number of hydrogen-bond acceptors (Lipinski definition) is 3. The van der Waals surface area contributed by atoms with E-state index in [1.807, 2.05) is 12.4 Å². The van der Waals surface area contributed by atoms with Gasteiger partial charge in [0.1, 0.15) is 6.54 Å². The summed E-state index contributed by atoms with van der Waals surface area (Å²) in [5.74, 6) is 0.878. The van der Waals surface area contributed by atoms with Crippen molar-refractivity contribution in [3.05, 3.63) is 12.4 Å². The molecule has 2 atom stereocenters. The molecule has 1 heterocycles. The van der Waals surface area contributed by atoms with Gasteiger partial charge in [-0.25, -0.2) is 0 Å². The lowest BCUT2D eigenvalue weighted by atomic mass is 10.1. The molecule has 1 aromatic rings. The fourth-order valence-corrected chi connectivity index (χ4v) is 2.75. The first-order chi connectivity index (χ1) is 9.19.